The average Bonchev–Trinajstić information content (AvgIpc) is 2.86. The van der Waals surface area contributed by atoms with Crippen LogP contribution in [0.4, 0.5) is 4.79 Å². The third kappa shape index (κ3) is 5.18. The van der Waals surface area contributed by atoms with Crippen molar-refractivity contribution in [3.05, 3.63) is 17.0 Å². The van der Waals surface area contributed by atoms with Gasteiger partial charge in [-0.2, -0.15) is 5.10 Å². The van der Waals surface area contributed by atoms with E-state index in [1.54, 1.807) is 4.90 Å². The molecular weight excluding hydrogens is 342 g/mol. The van der Waals surface area contributed by atoms with Crippen molar-refractivity contribution in [1.82, 2.24) is 20.0 Å². The molecule has 0 saturated carbocycles. The molecule has 0 bridgehead atoms. The van der Waals surface area contributed by atoms with Crippen LogP contribution in [0.25, 0.3) is 0 Å². The summed E-state index contributed by atoms with van der Waals surface area (Å²) >= 11 is 0. The fourth-order valence-corrected chi connectivity index (χ4v) is 4.49. The first kappa shape index (κ1) is 19.7. The Morgan fingerprint density at radius 1 is 1.28 bits per heavy atom. The highest BCUT2D eigenvalue weighted by Gasteiger charge is 2.25. The second-order valence-corrected chi connectivity index (χ2v) is 8.28. The molecular formula is C16H29N5O3S. The number of urea groups is 1. The van der Waals surface area contributed by atoms with Crippen molar-refractivity contribution in [3.63, 3.8) is 0 Å². The van der Waals surface area contributed by atoms with Crippen LogP contribution in [-0.2, 0) is 36.5 Å². The Kier molecular flexibility index (Phi) is 6.45. The van der Waals surface area contributed by atoms with E-state index >= 15 is 0 Å². The maximum absolute atomic E-state index is 12.4. The van der Waals surface area contributed by atoms with E-state index in [0.717, 1.165) is 29.8 Å². The molecule has 2 heterocycles. The molecule has 0 unspecified atom stereocenters. The van der Waals surface area contributed by atoms with E-state index < -0.39 is 10.0 Å². The number of nitrogens with zero attached hydrogens (tertiary/aromatic N) is 3. The number of amides is 2. The number of carbonyl (C=O) groups excluding carboxylic acids is 1. The standard InChI is InChI=1S/C16H29N5O3S/c1-4-14-13(15(5-2)20(3)19-14)10-18-16(22)21-8-6-12(7-9-21)11-25(17,23)24/h12H,4-11H2,1-3H3,(H,18,22)(H2,17,23,24). The van der Waals surface area contributed by atoms with Gasteiger partial charge in [0.1, 0.15) is 0 Å². The maximum Gasteiger partial charge on any atom is 0.317 e. The van der Waals surface area contributed by atoms with Gasteiger partial charge in [0.2, 0.25) is 10.0 Å². The van der Waals surface area contributed by atoms with Crippen molar-refractivity contribution in [2.45, 2.75) is 46.1 Å². The Bertz CT molecular complexity index is 706. The fraction of sp³-hybridized carbons (Fsp3) is 0.750. The van der Waals surface area contributed by atoms with Crippen LogP contribution in [0.1, 0.15) is 43.6 Å². The molecule has 2 rings (SSSR count). The smallest absolute Gasteiger partial charge is 0.317 e. The number of nitrogens with one attached hydrogen (secondary N) is 1. The van der Waals surface area contributed by atoms with Crippen LogP contribution in [0.3, 0.4) is 0 Å². The molecule has 9 heteroatoms. The molecule has 0 radical (unpaired) electrons. The number of hydrogen-bond donors (Lipinski definition) is 2. The number of aryl methyl sites for hydroxylation is 2. The summed E-state index contributed by atoms with van der Waals surface area (Å²) in [5.41, 5.74) is 3.26. The lowest BCUT2D eigenvalue weighted by molar-refractivity contribution is 0.174. The summed E-state index contributed by atoms with van der Waals surface area (Å²) in [5, 5.41) is 12.6. The summed E-state index contributed by atoms with van der Waals surface area (Å²) in [7, 11) is -1.52. The van der Waals surface area contributed by atoms with Crippen LogP contribution in [0, 0.1) is 5.92 Å². The average molecular weight is 372 g/mol. The van der Waals surface area contributed by atoms with Crippen LogP contribution in [0.2, 0.25) is 0 Å². The van der Waals surface area contributed by atoms with E-state index in [0.29, 0.717) is 32.5 Å². The predicted molar refractivity (Wildman–Crippen MR) is 96.5 cm³/mol. The summed E-state index contributed by atoms with van der Waals surface area (Å²) in [6.45, 7) is 5.72. The third-order valence-corrected chi connectivity index (χ3v) is 5.75. The van der Waals surface area contributed by atoms with E-state index in [2.05, 4.69) is 24.3 Å². The summed E-state index contributed by atoms with van der Waals surface area (Å²) < 4.78 is 24.2. The van der Waals surface area contributed by atoms with Crippen molar-refractivity contribution in [2.24, 2.45) is 18.1 Å². The van der Waals surface area contributed by atoms with Gasteiger partial charge in [-0.05, 0) is 31.6 Å². The molecule has 1 aliphatic rings. The summed E-state index contributed by atoms with van der Waals surface area (Å²) in [4.78, 5) is 14.2. The van der Waals surface area contributed by atoms with Gasteiger partial charge in [-0.25, -0.2) is 18.4 Å². The molecule has 0 aromatic carbocycles. The highest BCUT2D eigenvalue weighted by atomic mass is 32.2. The van der Waals surface area contributed by atoms with E-state index in [-0.39, 0.29) is 17.7 Å². The number of aromatic nitrogens is 2. The SMILES string of the molecule is CCc1nn(C)c(CC)c1CNC(=O)N1CCC(CS(N)(=O)=O)CC1. The first-order chi connectivity index (χ1) is 11.7. The molecule has 1 fully saturated rings. The van der Waals surface area contributed by atoms with Crippen molar-refractivity contribution < 1.29 is 13.2 Å². The Morgan fingerprint density at radius 3 is 2.44 bits per heavy atom. The molecule has 0 spiro atoms. The fourth-order valence-electron chi connectivity index (χ4n) is 3.50. The molecule has 1 aliphatic heterocycles. The predicted octanol–water partition coefficient (Wildman–Crippen LogP) is 0.755. The maximum atomic E-state index is 12.4. The molecule has 0 atom stereocenters. The normalized spacial score (nSPS) is 16.2. The molecule has 1 saturated heterocycles. The van der Waals surface area contributed by atoms with Gasteiger partial charge in [-0.1, -0.05) is 13.8 Å². The Balaban J connectivity index is 1.90. The quantitative estimate of drug-likeness (QED) is 0.769. The number of carbonyl (C=O) groups is 1. The number of primary sulfonamides is 1. The minimum atomic E-state index is -3.45. The zero-order valence-electron chi connectivity index (χ0n) is 15.3. The molecule has 2 amide bonds. The minimum absolute atomic E-state index is 0.00212. The van der Waals surface area contributed by atoms with Crippen molar-refractivity contribution >= 4 is 16.1 Å². The highest BCUT2D eigenvalue weighted by molar-refractivity contribution is 7.89. The second-order valence-electron chi connectivity index (χ2n) is 6.62. The van der Waals surface area contributed by atoms with Crippen LogP contribution in [0.5, 0.6) is 0 Å². The first-order valence-corrected chi connectivity index (χ1v) is 10.5. The van der Waals surface area contributed by atoms with E-state index in [1.165, 1.54) is 0 Å². The van der Waals surface area contributed by atoms with Crippen molar-refractivity contribution in [3.8, 4) is 0 Å². The lowest BCUT2D eigenvalue weighted by atomic mass is 9.99. The van der Waals surface area contributed by atoms with Gasteiger partial charge in [-0.15, -0.1) is 0 Å². The lowest BCUT2D eigenvalue weighted by Crippen LogP contribution is -2.45. The topological polar surface area (TPSA) is 110 Å². The molecule has 1 aromatic heterocycles. The summed E-state index contributed by atoms with van der Waals surface area (Å²) in [6.07, 6.45) is 3.03. The van der Waals surface area contributed by atoms with Gasteiger partial charge < -0.3 is 10.2 Å². The minimum Gasteiger partial charge on any atom is -0.334 e. The second kappa shape index (κ2) is 8.18. The summed E-state index contributed by atoms with van der Waals surface area (Å²) in [6, 6.07) is -0.109. The monoisotopic (exact) mass is 371 g/mol. The summed E-state index contributed by atoms with van der Waals surface area (Å²) in [5.74, 6) is 0.0356. The van der Waals surface area contributed by atoms with Crippen LogP contribution < -0.4 is 10.5 Å². The van der Waals surface area contributed by atoms with E-state index in [9.17, 15) is 13.2 Å². The number of likely N-dealkylation sites (tertiary alicyclic amines) is 1. The van der Waals surface area contributed by atoms with Crippen molar-refractivity contribution in [1.29, 1.82) is 0 Å². The molecule has 25 heavy (non-hydrogen) atoms. The van der Waals surface area contributed by atoms with Crippen LogP contribution in [0.15, 0.2) is 0 Å². The molecule has 142 valence electrons. The van der Waals surface area contributed by atoms with Gasteiger partial charge in [0.25, 0.3) is 0 Å². The zero-order valence-corrected chi connectivity index (χ0v) is 16.1. The molecule has 8 nitrogen and oxygen atoms in total. The van der Waals surface area contributed by atoms with E-state index in [4.69, 9.17) is 5.14 Å². The van der Waals surface area contributed by atoms with E-state index in [1.807, 2.05) is 11.7 Å². The van der Waals surface area contributed by atoms with Gasteiger partial charge in [-0.3, -0.25) is 4.68 Å². The highest BCUT2D eigenvalue weighted by Crippen LogP contribution is 2.19. The van der Waals surface area contributed by atoms with Crippen LogP contribution >= 0.6 is 0 Å². The number of hydrogen-bond acceptors (Lipinski definition) is 4. The first-order valence-electron chi connectivity index (χ1n) is 8.82. The molecule has 0 aliphatic carbocycles. The van der Waals surface area contributed by atoms with Gasteiger partial charge >= 0.3 is 6.03 Å². The zero-order chi connectivity index (χ0) is 18.6. The van der Waals surface area contributed by atoms with Gasteiger partial charge in [0, 0.05) is 37.9 Å². The Hall–Kier alpha value is -1.61. The number of rotatable bonds is 6. The molecule has 3 N–H and O–H groups in total. The lowest BCUT2D eigenvalue weighted by Gasteiger charge is -2.31. The van der Waals surface area contributed by atoms with Gasteiger partial charge in [0.15, 0.2) is 0 Å². The molecule has 1 aromatic rings. The van der Waals surface area contributed by atoms with Crippen molar-refractivity contribution in [2.75, 3.05) is 18.8 Å². The van der Waals surface area contributed by atoms with Gasteiger partial charge in [0.05, 0.1) is 11.4 Å². The largest absolute Gasteiger partial charge is 0.334 e. The number of sulfonamides is 1. The Morgan fingerprint density at radius 2 is 1.92 bits per heavy atom. The number of nitrogens with two attached hydrogens (primary N) is 1. The van der Waals surface area contributed by atoms with Crippen LogP contribution in [-0.4, -0.2) is 48.0 Å². The Labute approximate surface area is 149 Å². The number of piperidine rings is 1. The third-order valence-electron chi connectivity index (χ3n) is 4.81.